The molecule has 0 radical (unpaired) electrons. The van der Waals surface area contributed by atoms with E-state index < -0.39 is 0 Å². The van der Waals surface area contributed by atoms with E-state index in [-0.39, 0.29) is 0 Å². The van der Waals surface area contributed by atoms with Gasteiger partial charge >= 0.3 is 0 Å². The third-order valence-electron chi connectivity index (χ3n) is 2.96. The largest absolute Gasteiger partial charge is 0.398 e. The molecule has 3 aromatic rings. The first-order chi connectivity index (χ1) is 9.22. The van der Waals surface area contributed by atoms with Gasteiger partial charge in [-0.2, -0.15) is 0 Å². The Morgan fingerprint density at radius 3 is 3.00 bits per heavy atom. The minimum atomic E-state index is 0.829. The first-order valence-corrected chi connectivity index (χ1v) is 7.12. The molecule has 0 aliphatic rings. The fourth-order valence-corrected chi connectivity index (χ4v) is 2.92. The molecule has 96 valence electrons. The van der Waals surface area contributed by atoms with Crippen molar-refractivity contribution in [3.63, 3.8) is 0 Å². The van der Waals surface area contributed by atoms with Crippen LogP contribution in [0.5, 0.6) is 0 Å². The number of imidazole rings is 1. The Kier molecular flexibility index (Phi) is 3.17. The lowest BCUT2D eigenvalue weighted by Crippen LogP contribution is -1.89. The summed E-state index contributed by atoms with van der Waals surface area (Å²) in [7, 11) is 0. The average Bonchev–Trinajstić information content (AvgIpc) is 2.82. The highest BCUT2D eigenvalue weighted by atomic mass is 32.2. The highest BCUT2D eigenvalue weighted by molar-refractivity contribution is 7.98. The molecule has 0 atom stereocenters. The number of nitrogens with zero attached hydrogens (tertiary/aromatic N) is 2. The molecule has 2 N–H and O–H groups in total. The van der Waals surface area contributed by atoms with E-state index in [1.54, 1.807) is 11.8 Å². The van der Waals surface area contributed by atoms with E-state index in [1.807, 2.05) is 40.9 Å². The van der Waals surface area contributed by atoms with Crippen LogP contribution in [0.2, 0.25) is 0 Å². The lowest BCUT2D eigenvalue weighted by Gasteiger charge is -2.05. The number of fused-ring (bicyclic) bond motifs is 1. The molecule has 0 bridgehead atoms. The van der Waals surface area contributed by atoms with Crippen molar-refractivity contribution < 1.29 is 0 Å². The highest BCUT2D eigenvalue weighted by Gasteiger charge is 2.04. The zero-order valence-corrected chi connectivity index (χ0v) is 11.5. The van der Waals surface area contributed by atoms with E-state index in [0.29, 0.717) is 0 Å². The second-order valence-electron chi connectivity index (χ2n) is 4.53. The molecule has 3 rings (SSSR count). The maximum Gasteiger partial charge on any atom is 0.137 e. The van der Waals surface area contributed by atoms with Gasteiger partial charge in [0.05, 0.1) is 5.69 Å². The Balaban J connectivity index is 1.80. The third-order valence-corrected chi connectivity index (χ3v) is 4.06. The molecule has 0 fully saturated rings. The third kappa shape index (κ3) is 2.58. The quantitative estimate of drug-likeness (QED) is 0.584. The fraction of sp³-hybridized carbons (Fsp3) is 0.133. The Morgan fingerprint density at radius 2 is 2.16 bits per heavy atom. The van der Waals surface area contributed by atoms with Gasteiger partial charge in [0.25, 0.3) is 0 Å². The summed E-state index contributed by atoms with van der Waals surface area (Å²) >= 11 is 1.73. The van der Waals surface area contributed by atoms with Gasteiger partial charge in [0, 0.05) is 28.7 Å². The fourth-order valence-electron chi connectivity index (χ4n) is 1.98. The van der Waals surface area contributed by atoms with Gasteiger partial charge in [-0.3, -0.25) is 0 Å². The van der Waals surface area contributed by atoms with Gasteiger partial charge in [0.1, 0.15) is 5.65 Å². The second kappa shape index (κ2) is 4.97. The van der Waals surface area contributed by atoms with E-state index in [9.17, 15) is 0 Å². The summed E-state index contributed by atoms with van der Waals surface area (Å²) in [5.41, 5.74) is 10.1. The van der Waals surface area contributed by atoms with E-state index in [2.05, 4.69) is 24.2 Å². The maximum absolute atomic E-state index is 5.98. The summed E-state index contributed by atoms with van der Waals surface area (Å²) in [6.45, 7) is 2.08. The van der Waals surface area contributed by atoms with Gasteiger partial charge in [0.15, 0.2) is 0 Å². The summed E-state index contributed by atoms with van der Waals surface area (Å²) in [4.78, 5) is 5.70. The van der Waals surface area contributed by atoms with E-state index in [0.717, 1.165) is 27.7 Å². The van der Waals surface area contributed by atoms with Crippen molar-refractivity contribution in [3.8, 4) is 0 Å². The number of pyridine rings is 1. The van der Waals surface area contributed by atoms with Gasteiger partial charge in [-0.05, 0) is 36.8 Å². The zero-order chi connectivity index (χ0) is 13.2. The number of benzene rings is 1. The summed E-state index contributed by atoms with van der Waals surface area (Å²) in [6, 6.07) is 12.1. The predicted octanol–water partition coefficient (Wildman–Crippen LogP) is 3.52. The molecule has 2 aromatic heterocycles. The number of hydrogen-bond acceptors (Lipinski definition) is 3. The average molecular weight is 269 g/mol. The van der Waals surface area contributed by atoms with Gasteiger partial charge < -0.3 is 10.1 Å². The van der Waals surface area contributed by atoms with Crippen LogP contribution >= 0.6 is 11.8 Å². The van der Waals surface area contributed by atoms with Crippen molar-refractivity contribution in [2.24, 2.45) is 0 Å². The van der Waals surface area contributed by atoms with Crippen LogP contribution in [0.25, 0.3) is 5.65 Å². The lowest BCUT2D eigenvalue weighted by atomic mass is 10.2. The number of rotatable bonds is 3. The smallest absolute Gasteiger partial charge is 0.137 e. The van der Waals surface area contributed by atoms with Crippen LogP contribution in [-0.4, -0.2) is 9.38 Å². The number of anilines is 1. The molecule has 4 heteroatoms. The van der Waals surface area contributed by atoms with Crippen LogP contribution in [0.4, 0.5) is 5.69 Å². The van der Waals surface area contributed by atoms with Gasteiger partial charge in [-0.25, -0.2) is 4.98 Å². The van der Waals surface area contributed by atoms with E-state index in [4.69, 9.17) is 5.73 Å². The minimum absolute atomic E-state index is 0.829. The topological polar surface area (TPSA) is 43.3 Å². The number of thioether (sulfide) groups is 1. The number of aromatic nitrogens is 2. The molecular formula is C15H15N3S. The van der Waals surface area contributed by atoms with Gasteiger partial charge in [0.2, 0.25) is 0 Å². The number of nitrogens with two attached hydrogens (primary N) is 1. The molecule has 0 unspecified atom stereocenters. The summed E-state index contributed by atoms with van der Waals surface area (Å²) in [5.74, 6) is 0.829. The Hall–Kier alpha value is -1.94. The molecule has 2 heterocycles. The number of hydrogen-bond donors (Lipinski definition) is 1. The van der Waals surface area contributed by atoms with Crippen molar-refractivity contribution in [2.75, 3.05) is 5.73 Å². The first-order valence-electron chi connectivity index (χ1n) is 6.14. The van der Waals surface area contributed by atoms with Crippen molar-refractivity contribution in [3.05, 3.63) is 60.0 Å². The molecule has 0 aliphatic carbocycles. The molecule has 0 amide bonds. The van der Waals surface area contributed by atoms with Crippen molar-refractivity contribution in [1.29, 1.82) is 0 Å². The van der Waals surface area contributed by atoms with Crippen LogP contribution in [0.3, 0.4) is 0 Å². The summed E-state index contributed by atoms with van der Waals surface area (Å²) < 4.78 is 2.04. The number of aryl methyl sites for hydroxylation is 1. The normalized spacial score (nSPS) is 11.0. The predicted molar refractivity (Wildman–Crippen MR) is 80.3 cm³/mol. The molecule has 1 aromatic carbocycles. The molecule has 0 saturated carbocycles. The molecule has 19 heavy (non-hydrogen) atoms. The van der Waals surface area contributed by atoms with Crippen molar-refractivity contribution in [1.82, 2.24) is 9.38 Å². The van der Waals surface area contributed by atoms with Crippen LogP contribution in [-0.2, 0) is 5.75 Å². The van der Waals surface area contributed by atoms with Crippen LogP contribution in [0.1, 0.15) is 11.3 Å². The molecule has 0 saturated heterocycles. The Bertz CT molecular complexity index is 685. The lowest BCUT2D eigenvalue weighted by molar-refractivity contribution is 1.18. The monoisotopic (exact) mass is 269 g/mol. The highest BCUT2D eigenvalue weighted by Crippen LogP contribution is 2.28. The van der Waals surface area contributed by atoms with Crippen molar-refractivity contribution >= 4 is 23.1 Å². The molecule has 3 nitrogen and oxygen atoms in total. The molecule has 0 spiro atoms. The van der Waals surface area contributed by atoms with Crippen molar-refractivity contribution in [2.45, 2.75) is 17.6 Å². The maximum atomic E-state index is 5.98. The SMILES string of the molecule is Cc1ccc(N)c(SCc2cn3ccccc3n2)c1. The Labute approximate surface area is 116 Å². The van der Waals surface area contributed by atoms with E-state index in [1.165, 1.54) is 5.56 Å². The minimum Gasteiger partial charge on any atom is -0.398 e. The summed E-state index contributed by atoms with van der Waals surface area (Å²) in [5, 5.41) is 0. The van der Waals surface area contributed by atoms with Crippen LogP contribution < -0.4 is 5.73 Å². The van der Waals surface area contributed by atoms with Gasteiger partial charge in [-0.15, -0.1) is 11.8 Å². The molecule has 0 aliphatic heterocycles. The molecular weight excluding hydrogens is 254 g/mol. The standard InChI is InChI=1S/C15H15N3S/c1-11-5-6-13(16)14(8-11)19-10-12-9-18-7-3-2-4-15(18)17-12/h2-9H,10,16H2,1H3. The first kappa shape index (κ1) is 12.1. The van der Waals surface area contributed by atoms with Crippen LogP contribution in [0.15, 0.2) is 53.7 Å². The summed E-state index contributed by atoms with van der Waals surface area (Å²) in [6.07, 6.45) is 4.08. The Morgan fingerprint density at radius 1 is 1.26 bits per heavy atom. The van der Waals surface area contributed by atoms with E-state index >= 15 is 0 Å². The second-order valence-corrected chi connectivity index (χ2v) is 5.55. The van der Waals surface area contributed by atoms with Crippen LogP contribution in [0, 0.1) is 6.92 Å². The van der Waals surface area contributed by atoms with Gasteiger partial charge in [-0.1, -0.05) is 12.1 Å². The number of nitrogen functional groups attached to an aromatic ring is 1. The zero-order valence-electron chi connectivity index (χ0n) is 10.7.